The van der Waals surface area contributed by atoms with E-state index in [1.54, 1.807) is 0 Å². The van der Waals surface area contributed by atoms with E-state index in [9.17, 15) is 4.79 Å². The van der Waals surface area contributed by atoms with Gasteiger partial charge in [-0.25, -0.2) is 4.98 Å². The molecule has 4 heteroatoms. The molecule has 0 radical (unpaired) electrons. The van der Waals surface area contributed by atoms with Gasteiger partial charge in [-0.2, -0.15) is 0 Å². The Morgan fingerprint density at radius 1 is 1.67 bits per heavy atom. The highest BCUT2D eigenvalue weighted by Crippen LogP contribution is 2.23. The van der Waals surface area contributed by atoms with Crippen LogP contribution in [0.2, 0.25) is 0 Å². The van der Waals surface area contributed by atoms with Crippen molar-refractivity contribution in [1.82, 2.24) is 9.88 Å². The van der Waals surface area contributed by atoms with E-state index >= 15 is 0 Å². The Morgan fingerprint density at radius 3 is 3.25 bits per heavy atom. The molecule has 0 saturated heterocycles. The van der Waals surface area contributed by atoms with E-state index in [1.165, 1.54) is 16.2 Å². The van der Waals surface area contributed by atoms with Gasteiger partial charge in [0.25, 0.3) is 0 Å². The number of hydrogen-bond acceptors (Lipinski definition) is 4. The lowest BCUT2D eigenvalue weighted by molar-refractivity contribution is 0.112. The van der Waals surface area contributed by atoms with Crippen molar-refractivity contribution >= 4 is 17.6 Å². The number of hydrogen-bond donors (Lipinski definition) is 0. The van der Waals surface area contributed by atoms with Crippen molar-refractivity contribution in [1.29, 1.82) is 0 Å². The maximum Gasteiger partial charge on any atom is 0.178 e. The van der Waals surface area contributed by atoms with Gasteiger partial charge in [0.2, 0.25) is 0 Å². The molecule has 12 heavy (non-hydrogen) atoms. The Hall–Kier alpha value is -0.740. The van der Waals surface area contributed by atoms with E-state index in [0.29, 0.717) is 5.01 Å². The van der Waals surface area contributed by atoms with E-state index in [0.717, 1.165) is 31.5 Å². The molecule has 2 rings (SSSR count). The first kappa shape index (κ1) is 7.89. The van der Waals surface area contributed by atoms with Crippen LogP contribution in [-0.4, -0.2) is 29.8 Å². The van der Waals surface area contributed by atoms with Gasteiger partial charge >= 0.3 is 0 Å². The van der Waals surface area contributed by atoms with Crippen molar-refractivity contribution in [3.05, 3.63) is 15.6 Å². The highest BCUT2D eigenvalue weighted by atomic mass is 32.1. The maximum atomic E-state index is 10.4. The Balaban J connectivity index is 2.34. The molecule has 0 saturated carbocycles. The zero-order valence-electron chi connectivity index (χ0n) is 6.91. The first-order chi connectivity index (χ1) is 5.79. The Kier molecular flexibility index (Phi) is 1.94. The molecule has 2 heterocycles. The third-order valence-electron chi connectivity index (χ3n) is 2.04. The van der Waals surface area contributed by atoms with Crippen LogP contribution < -0.4 is 0 Å². The molecule has 0 amide bonds. The number of aromatic nitrogens is 1. The monoisotopic (exact) mass is 182 g/mol. The predicted octanol–water partition coefficient (Wildman–Crippen LogP) is 0.944. The first-order valence-electron chi connectivity index (χ1n) is 3.92. The molecule has 1 aromatic heterocycles. The van der Waals surface area contributed by atoms with Gasteiger partial charge < -0.3 is 4.90 Å². The fourth-order valence-corrected chi connectivity index (χ4v) is 2.40. The fourth-order valence-electron chi connectivity index (χ4n) is 1.39. The average Bonchev–Trinajstić information content (AvgIpc) is 2.46. The van der Waals surface area contributed by atoms with Crippen molar-refractivity contribution < 1.29 is 4.79 Å². The van der Waals surface area contributed by atoms with Crippen LogP contribution in [0.25, 0.3) is 0 Å². The molecule has 1 aliphatic rings. The molecular weight excluding hydrogens is 172 g/mol. The lowest BCUT2D eigenvalue weighted by Crippen LogP contribution is -2.25. The summed E-state index contributed by atoms with van der Waals surface area (Å²) in [5, 5.41) is 0.621. The Bertz CT molecular complexity index is 308. The van der Waals surface area contributed by atoms with Crippen molar-refractivity contribution in [2.24, 2.45) is 0 Å². The highest BCUT2D eigenvalue weighted by Gasteiger charge is 2.17. The minimum absolute atomic E-state index is 0.621. The predicted molar refractivity (Wildman–Crippen MR) is 47.5 cm³/mol. The van der Waals surface area contributed by atoms with Crippen molar-refractivity contribution in [2.75, 3.05) is 13.6 Å². The van der Waals surface area contributed by atoms with Crippen molar-refractivity contribution in [3.63, 3.8) is 0 Å². The third kappa shape index (κ3) is 1.28. The molecule has 0 unspecified atom stereocenters. The van der Waals surface area contributed by atoms with Crippen LogP contribution in [0.4, 0.5) is 0 Å². The van der Waals surface area contributed by atoms with Gasteiger partial charge in [-0.1, -0.05) is 0 Å². The van der Waals surface area contributed by atoms with Crippen molar-refractivity contribution in [2.45, 2.75) is 13.0 Å². The second-order valence-corrected chi connectivity index (χ2v) is 4.14. The summed E-state index contributed by atoms with van der Waals surface area (Å²) in [6.45, 7) is 2.00. The summed E-state index contributed by atoms with van der Waals surface area (Å²) in [4.78, 5) is 18.2. The van der Waals surface area contributed by atoms with Gasteiger partial charge in [0.05, 0.1) is 5.69 Å². The average molecular weight is 182 g/mol. The zero-order valence-corrected chi connectivity index (χ0v) is 7.73. The molecule has 64 valence electrons. The summed E-state index contributed by atoms with van der Waals surface area (Å²) in [6, 6.07) is 0. The SMILES string of the molecule is CN1CCc2nc(C=O)sc2C1. The van der Waals surface area contributed by atoms with E-state index in [1.807, 2.05) is 0 Å². The van der Waals surface area contributed by atoms with E-state index in [-0.39, 0.29) is 0 Å². The molecule has 1 aromatic rings. The van der Waals surface area contributed by atoms with Gasteiger partial charge in [-0.3, -0.25) is 4.79 Å². The summed E-state index contributed by atoms with van der Waals surface area (Å²) >= 11 is 1.52. The van der Waals surface area contributed by atoms with Crippen LogP contribution in [0.15, 0.2) is 0 Å². The number of fused-ring (bicyclic) bond motifs is 1. The van der Waals surface area contributed by atoms with Gasteiger partial charge in [-0.15, -0.1) is 11.3 Å². The molecule has 0 aromatic carbocycles. The molecule has 3 nitrogen and oxygen atoms in total. The van der Waals surface area contributed by atoms with Crippen LogP contribution in [0.1, 0.15) is 20.4 Å². The minimum atomic E-state index is 0.621. The quantitative estimate of drug-likeness (QED) is 0.606. The number of aldehydes is 1. The topological polar surface area (TPSA) is 33.2 Å². The van der Waals surface area contributed by atoms with Crippen LogP contribution in [0.5, 0.6) is 0 Å². The number of nitrogens with zero attached hydrogens (tertiary/aromatic N) is 2. The Morgan fingerprint density at radius 2 is 2.50 bits per heavy atom. The third-order valence-corrected chi connectivity index (χ3v) is 3.05. The number of carbonyl (C=O) groups is 1. The number of carbonyl (C=O) groups excluding carboxylic acids is 1. The highest BCUT2D eigenvalue weighted by molar-refractivity contribution is 7.13. The van der Waals surface area contributed by atoms with Crippen LogP contribution >= 0.6 is 11.3 Å². The largest absolute Gasteiger partial charge is 0.301 e. The number of thiazole rings is 1. The van der Waals surface area contributed by atoms with Gasteiger partial charge in [0.15, 0.2) is 11.3 Å². The van der Waals surface area contributed by atoms with Crippen LogP contribution in [0, 0.1) is 0 Å². The molecule has 1 aliphatic heterocycles. The second-order valence-electron chi connectivity index (χ2n) is 3.03. The molecule has 0 bridgehead atoms. The first-order valence-corrected chi connectivity index (χ1v) is 4.73. The van der Waals surface area contributed by atoms with E-state index in [4.69, 9.17) is 0 Å². The standard InChI is InChI=1S/C8H10N2OS/c1-10-3-2-6-7(4-10)12-8(5-11)9-6/h5H,2-4H2,1H3. The Labute approximate surface area is 75.0 Å². The summed E-state index contributed by atoms with van der Waals surface area (Å²) in [7, 11) is 2.09. The number of likely N-dealkylation sites (N-methyl/N-ethyl adjacent to an activating group) is 1. The summed E-state index contributed by atoms with van der Waals surface area (Å²) in [6.07, 6.45) is 1.82. The lowest BCUT2D eigenvalue weighted by Gasteiger charge is -2.20. The molecule has 0 aliphatic carbocycles. The lowest BCUT2D eigenvalue weighted by atomic mass is 10.2. The van der Waals surface area contributed by atoms with Crippen LogP contribution in [0.3, 0.4) is 0 Å². The van der Waals surface area contributed by atoms with E-state index < -0.39 is 0 Å². The van der Waals surface area contributed by atoms with Crippen molar-refractivity contribution in [3.8, 4) is 0 Å². The molecule has 0 N–H and O–H groups in total. The molecule has 0 spiro atoms. The molecule has 0 atom stereocenters. The normalized spacial score (nSPS) is 17.4. The molecular formula is C8H10N2OS. The van der Waals surface area contributed by atoms with Gasteiger partial charge in [0, 0.05) is 24.4 Å². The summed E-state index contributed by atoms with van der Waals surface area (Å²) in [5.41, 5.74) is 1.13. The summed E-state index contributed by atoms with van der Waals surface area (Å²) in [5.74, 6) is 0. The maximum absolute atomic E-state index is 10.4. The fraction of sp³-hybridized carbons (Fsp3) is 0.500. The zero-order chi connectivity index (χ0) is 8.55. The smallest absolute Gasteiger partial charge is 0.178 e. The van der Waals surface area contributed by atoms with Gasteiger partial charge in [-0.05, 0) is 7.05 Å². The number of rotatable bonds is 1. The molecule has 0 fully saturated rings. The summed E-state index contributed by atoms with van der Waals surface area (Å²) < 4.78 is 0. The van der Waals surface area contributed by atoms with Gasteiger partial charge in [0.1, 0.15) is 0 Å². The minimum Gasteiger partial charge on any atom is -0.301 e. The van der Waals surface area contributed by atoms with E-state index in [2.05, 4.69) is 16.9 Å². The van der Waals surface area contributed by atoms with Crippen LogP contribution in [-0.2, 0) is 13.0 Å². The second kappa shape index (κ2) is 2.95.